The molecule has 2 rings (SSSR count). The number of carbonyl (C=O) groups is 4. The number of nitrogens with two attached hydrogens (primary N) is 1. The van der Waals surface area contributed by atoms with E-state index < -0.39 is 48.3 Å². The molecule has 0 saturated heterocycles. The Hall–Kier alpha value is -3.63. The molecule has 0 spiro atoms. The van der Waals surface area contributed by atoms with Crippen LogP contribution in [0.25, 0.3) is 10.8 Å². The number of fused-ring (bicyclic) bond motifs is 1. The largest absolute Gasteiger partial charge is 0.471 e. The van der Waals surface area contributed by atoms with Gasteiger partial charge in [0.25, 0.3) is 0 Å². The van der Waals surface area contributed by atoms with Crippen LogP contribution in [0.1, 0.15) is 18.9 Å². The van der Waals surface area contributed by atoms with E-state index in [9.17, 15) is 32.3 Å². The molecular formula is C20H21F3N4O4. The summed E-state index contributed by atoms with van der Waals surface area (Å²) >= 11 is 0. The van der Waals surface area contributed by atoms with Crippen LogP contribution in [0.4, 0.5) is 13.2 Å². The van der Waals surface area contributed by atoms with Crippen molar-refractivity contribution in [3.05, 3.63) is 48.0 Å². The van der Waals surface area contributed by atoms with E-state index in [-0.39, 0.29) is 6.54 Å². The summed E-state index contributed by atoms with van der Waals surface area (Å²) in [5.41, 5.74) is 5.76. The zero-order valence-corrected chi connectivity index (χ0v) is 16.5. The molecule has 0 aliphatic carbocycles. The normalized spacial score (nSPS) is 13.2. The molecule has 0 unspecified atom stereocenters. The molecule has 0 bridgehead atoms. The van der Waals surface area contributed by atoms with Crippen molar-refractivity contribution in [1.29, 1.82) is 0 Å². The molecule has 0 heterocycles. The van der Waals surface area contributed by atoms with Gasteiger partial charge in [0.2, 0.25) is 17.7 Å². The standard InChI is InChI=1S/C20H21F3N4O4/c1-11(26-18(30)15(9-16(24)28)27-19(31)20(21,22)23)17(29)25-10-13-7-4-6-12-5-2-3-8-14(12)13/h2-8,11,15H,9-10H2,1H3,(H2,24,28)(H,25,29)(H,26,30)(H,27,31)/t11-,15-/m0/s1. The number of halogens is 3. The summed E-state index contributed by atoms with van der Waals surface area (Å²) in [4.78, 5) is 46.7. The van der Waals surface area contributed by atoms with Crippen LogP contribution < -0.4 is 21.7 Å². The van der Waals surface area contributed by atoms with Crippen LogP contribution in [0.5, 0.6) is 0 Å². The summed E-state index contributed by atoms with van der Waals surface area (Å²) in [6.07, 6.45) is -6.12. The highest BCUT2D eigenvalue weighted by Crippen LogP contribution is 2.18. The van der Waals surface area contributed by atoms with Gasteiger partial charge in [0, 0.05) is 6.54 Å². The molecule has 0 aliphatic heterocycles. The van der Waals surface area contributed by atoms with E-state index in [4.69, 9.17) is 5.73 Å². The third kappa shape index (κ3) is 6.69. The zero-order valence-electron chi connectivity index (χ0n) is 16.5. The van der Waals surface area contributed by atoms with Crippen LogP contribution in [0.3, 0.4) is 0 Å². The molecule has 0 aliphatic rings. The van der Waals surface area contributed by atoms with E-state index in [0.29, 0.717) is 0 Å². The minimum Gasteiger partial charge on any atom is -0.370 e. The quantitative estimate of drug-likeness (QED) is 0.487. The van der Waals surface area contributed by atoms with Crippen LogP contribution in [-0.2, 0) is 25.7 Å². The van der Waals surface area contributed by atoms with Gasteiger partial charge in [-0.1, -0.05) is 42.5 Å². The summed E-state index contributed by atoms with van der Waals surface area (Å²) in [6, 6.07) is 10.1. The van der Waals surface area contributed by atoms with Crippen LogP contribution in [-0.4, -0.2) is 41.9 Å². The van der Waals surface area contributed by atoms with Gasteiger partial charge in [-0.05, 0) is 23.3 Å². The van der Waals surface area contributed by atoms with Gasteiger partial charge >= 0.3 is 12.1 Å². The Bertz CT molecular complexity index is 989. The van der Waals surface area contributed by atoms with Crippen molar-refractivity contribution in [3.8, 4) is 0 Å². The van der Waals surface area contributed by atoms with Gasteiger partial charge in [-0.25, -0.2) is 0 Å². The predicted octanol–water partition coefficient (Wildman–Crippen LogP) is 0.883. The molecule has 0 aromatic heterocycles. The second-order valence-electron chi connectivity index (χ2n) is 6.78. The lowest BCUT2D eigenvalue weighted by Crippen LogP contribution is -2.55. The molecule has 166 valence electrons. The lowest BCUT2D eigenvalue weighted by molar-refractivity contribution is -0.174. The zero-order chi connectivity index (χ0) is 23.2. The molecule has 2 atom stereocenters. The molecule has 2 aromatic carbocycles. The van der Waals surface area contributed by atoms with E-state index in [1.165, 1.54) is 12.2 Å². The van der Waals surface area contributed by atoms with Crippen LogP contribution in [0.2, 0.25) is 0 Å². The molecule has 0 fully saturated rings. The fourth-order valence-electron chi connectivity index (χ4n) is 2.81. The molecule has 11 heteroatoms. The number of carbonyl (C=O) groups excluding carboxylic acids is 4. The number of rotatable bonds is 8. The number of alkyl halides is 3. The van der Waals surface area contributed by atoms with Crippen molar-refractivity contribution in [3.63, 3.8) is 0 Å². The van der Waals surface area contributed by atoms with E-state index in [0.717, 1.165) is 16.3 Å². The van der Waals surface area contributed by atoms with Gasteiger partial charge in [0.05, 0.1) is 6.42 Å². The van der Waals surface area contributed by atoms with Gasteiger partial charge in [-0.15, -0.1) is 0 Å². The topological polar surface area (TPSA) is 130 Å². The number of hydrogen-bond acceptors (Lipinski definition) is 4. The molecular weight excluding hydrogens is 417 g/mol. The number of primary amides is 1. The van der Waals surface area contributed by atoms with E-state index in [1.807, 2.05) is 42.5 Å². The lowest BCUT2D eigenvalue weighted by atomic mass is 10.0. The van der Waals surface area contributed by atoms with E-state index in [2.05, 4.69) is 10.6 Å². The van der Waals surface area contributed by atoms with Gasteiger partial charge in [0.15, 0.2) is 0 Å². The van der Waals surface area contributed by atoms with Crippen LogP contribution in [0, 0.1) is 0 Å². The maximum atomic E-state index is 12.4. The van der Waals surface area contributed by atoms with Gasteiger partial charge in [0.1, 0.15) is 12.1 Å². The predicted molar refractivity (Wildman–Crippen MR) is 105 cm³/mol. The van der Waals surface area contributed by atoms with Crippen LogP contribution >= 0.6 is 0 Å². The molecule has 0 saturated carbocycles. The Morgan fingerprint density at radius 2 is 1.61 bits per heavy atom. The monoisotopic (exact) mass is 438 g/mol. The minimum absolute atomic E-state index is 0.149. The minimum atomic E-state index is -5.25. The fraction of sp³-hybridized carbons (Fsp3) is 0.300. The number of nitrogens with one attached hydrogen (secondary N) is 3. The maximum absolute atomic E-state index is 12.4. The van der Waals surface area contributed by atoms with Gasteiger partial charge in [-0.2, -0.15) is 13.2 Å². The number of amides is 4. The molecule has 31 heavy (non-hydrogen) atoms. The van der Waals surface area contributed by atoms with Crippen molar-refractivity contribution < 1.29 is 32.3 Å². The Balaban J connectivity index is 1.99. The Labute approximate surface area is 175 Å². The van der Waals surface area contributed by atoms with Crippen molar-refractivity contribution >= 4 is 34.4 Å². The van der Waals surface area contributed by atoms with E-state index in [1.54, 1.807) is 0 Å². The van der Waals surface area contributed by atoms with E-state index >= 15 is 0 Å². The summed E-state index contributed by atoms with van der Waals surface area (Å²) in [7, 11) is 0. The average Bonchev–Trinajstić information content (AvgIpc) is 2.70. The third-order valence-electron chi connectivity index (χ3n) is 4.37. The Morgan fingerprint density at radius 1 is 0.968 bits per heavy atom. The molecule has 0 radical (unpaired) electrons. The van der Waals surface area contributed by atoms with Gasteiger partial charge in [-0.3, -0.25) is 19.2 Å². The third-order valence-corrected chi connectivity index (χ3v) is 4.37. The van der Waals surface area contributed by atoms with Crippen molar-refractivity contribution in [1.82, 2.24) is 16.0 Å². The highest BCUT2D eigenvalue weighted by Gasteiger charge is 2.41. The lowest BCUT2D eigenvalue weighted by Gasteiger charge is -2.21. The first-order valence-corrected chi connectivity index (χ1v) is 9.19. The second kappa shape index (κ2) is 9.92. The van der Waals surface area contributed by atoms with Crippen molar-refractivity contribution in [2.75, 3.05) is 0 Å². The smallest absolute Gasteiger partial charge is 0.370 e. The van der Waals surface area contributed by atoms with Crippen LogP contribution in [0.15, 0.2) is 42.5 Å². The Kier molecular flexibility index (Phi) is 7.56. The first-order chi connectivity index (χ1) is 14.5. The summed E-state index contributed by atoms with van der Waals surface area (Å²) in [5, 5.41) is 8.11. The molecule has 8 nitrogen and oxygen atoms in total. The summed E-state index contributed by atoms with van der Waals surface area (Å²) in [6.45, 7) is 1.46. The highest BCUT2D eigenvalue weighted by atomic mass is 19.4. The molecule has 2 aromatic rings. The number of benzene rings is 2. The number of hydrogen-bond donors (Lipinski definition) is 4. The first kappa shape index (κ1) is 23.6. The first-order valence-electron chi connectivity index (χ1n) is 9.19. The summed E-state index contributed by atoms with van der Waals surface area (Å²) < 4.78 is 37.3. The highest BCUT2D eigenvalue weighted by molar-refractivity contribution is 5.95. The second-order valence-corrected chi connectivity index (χ2v) is 6.78. The van der Waals surface area contributed by atoms with Gasteiger partial charge < -0.3 is 21.7 Å². The van der Waals surface area contributed by atoms with Crippen molar-refractivity contribution in [2.45, 2.75) is 38.1 Å². The van der Waals surface area contributed by atoms with Crippen molar-refractivity contribution in [2.24, 2.45) is 5.73 Å². The molecule has 5 N–H and O–H groups in total. The molecule has 4 amide bonds. The Morgan fingerprint density at radius 3 is 2.26 bits per heavy atom. The maximum Gasteiger partial charge on any atom is 0.471 e. The fourth-order valence-corrected chi connectivity index (χ4v) is 2.81. The summed E-state index contributed by atoms with van der Waals surface area (Å²) in [5.74, 6) is -5.26. The average molecular weight is 438 g/mol. The SMILES string of the molecule is C[C@H](NC(=O)[C@H](CC(N)=O)NC(=O)C(F)(F)F)C(=O)NCc1cccc2ccccc12.